The maximum Gasteiger partial charge on any atom is 0.253 e. The summed E-state index contributed by atoms with van der Waals surface area (Å²) in [5, 5.41) is 6.15. The normalized spacial score (nSPS) is 18.2. The maximum atomic E-state index is 12.9. The van der Waals surface area contributed by atoms with Gasteiger partial charge < -0.3 is 29.6 Å². The average Bonchev–Trinajstić information content (AvgIpc) is 1.91. The van der Waals surface area contributed by atoms with Gasteiger partial charge in [0.05, 0.1) is 26.4 Å². The minimum absolute atomic E-state index is 0.0361. The van der Waals surface area contributed by atoms with Crippen molar-refractivity contribution in [2.75, 3.05) is 73.5 Å². The molecule has 0 spiro atoms. The Morgan fingerprint density at radius 3 is 1.68 bits per heavy atom. The van der Waals surface area contributed by atoms with Crippen molar-refractivity contribution in [2.45, 2.75) is 141 Å². The number of ether oxygens (including phenoxy) is 4. The van der Waals surface area contributed by atoms with E-state index in [0.717, 1.165) is 89.0 Å². The Bertz CT molecular complexity index is 3100. The highest BCUT2D eigenvalue weighted by molar-refractivity contribution is 6.12. The molecule has 3 aliphatic carbocycles. The van der Waals surface area contributed by atoms with E-state index in [1.807, 2.05) is 6.92 Å². The fourth-order valence-corrected chi connectivity index (χ4v) is 13.7. The SMILES string of the molecule is CCC(=O)NCCCCC1(C)c2cc(-c3ccc(CCCC(=O)CCCNC(=O)C4CCC(CN5C(=O)C=CC5=O)CC4)cc3)ccc2-c2ccc(-c3ccc4c(c3)C(CCCOCCOC)(CCCOCCOC)c3cc(C)ccc3-4)cc21. The summed E-state index contributed by atoms with van der Waals surface area (Å²) in [5.74, 6) is -0.00559. The van der Waals surface area contributed by atoms with Crippen LogP contribution < -0.4 is 10.6 Å². The number of Topliss-reactive ketones (excluding diaryl/α,β-unsaturated/α-hetero) is 1. The summed E-state index contributed by atoms with van der Waals surface area (Å²) < 4.78 is 22.7. The summed E-state index contributed by atoms with van der Waals surface area (Å²) in [4.78, 5) is 63.3. The number of benzene rings is 5. The lowest BCUT2D eigenvalue weighted by Crippen LogP contribution is -2.38. The molecule has 1 saturated carbocycles. The van der Waals surface area contributed by atoms with Crippen LogP contribution >= 0.6 is 0 Å². The van der Waals surface area contributed by atoms with Crippen LogP contribution in [0.1, 0.15) is 150 Å². The van der Waals surface area contributed by atoms with Gasteiger partial charge >= 0.3 is 0 Å². The predicted octanol–water partition coefficient (Wildman–Crippen LogP) is 13.0. The number of nitrogens with one attached hydrogen (secondary N) is 2. The fourth-order valence-electron chi connectivity index (χ4n) is 13.7. The largest absolute Gasteiger partial charge is 0.382 e. The van der Waals surface area contributed by atoms with Crippen LogP contribution in [0.4, 0.5) is 0 Å². The van der Waals surface area contributed by atoms with Gasteiger partial charge in [0.25, 0.3) is 11.8 Å². The predicted molar refractivity (Wildman–Crippen MR) is 333 cm³/mol. The summed E-state index contributed by atoms with van der Waals surface area (Å²) in [7, 11) is 3.43. The van der Waals surface area contributed by atoms with Gasteiger partial charge in [0.1, 0.15) is 5.78 Å². The highest BCUT2D eigenvalue weighted by Gasteiger charge is 2.44. The van der Waals surface area contributed by atoms with Crippen molar-refractivity contribution in [1.82, 2.24) is 15.5 Å². The Balaban J connectivity index is 0.861. The summed E-state index contributed by atoms with van der Waals surface area (Å²) in [6.45, 7) is 11.8. The number of amides is 4. The van der Waals surface area contributed by atoms with Crippen molar-refractivity contribution in [3.05, 3.63) is 143 Å². The van der Waals surface area contributed by atoms with Crippen LogP contribution in [-0.4, -0.2) is 108 Å². The molecule has 5 aromatic carbocycles. The second-order valence-corrected chi connectivity index (χ2v) is 24.1. The van der Waals surface area contributed by atoms with Gasteiger partial charge in [-0.1, -0.05) is 105 Å². The molecule has 0 radical (unpaired) electrons. The van der Waals surface area contributed by atoms with Crippen LogP contribution in [-0.2, 0) is 60.2 Å². The van der Waals surface area contributed by atoms with E-state index in [2.05, 4.69) is 122 Å². The molecule has 446 valence electrons. The molecule has 84 heavy (non-hydrogen) atoms. The second kappa shape index (κ2) is 29.5. The van der Waals surface area contributed by atoms with Gasteiger partial charge in [-0.25, -0.2) is 0 Å². The van der Waals surface area contributed by atoms with E-state index in [9.17, 15) is 24.0 Å². The van der Waals surface area contributed by atoms with E-state index in [1.165, 1.54) is 89.4 Å². The molecule has 1 aliphatic heterocycles. The Labute approximate surface area is 498 Å². The molecule has 1 heterocycles. The third-order valence-electron chi connectivity index (χ3n) is 18.5. The van der Waals surface area contributed by atoms with Crippen LogP contribution in [0, 0.1) is 18.8 Å². The lowest BCUT2D eigenvalue weighted by molar-refractivity contribution is -0.138. The molecular weight excluding hydrogens is 1050 g/mol. The highest BCUT2D eigenvalue weighted by Crippen LogP contribution is 2.56. The number of hydrogen-bond donors (Lipinski definition) is 2. The quantitative estimate of drug-likeness (QED) is 0.0309. The topological polar surface area (TPSA) is 150 Å². The molecule has 1 fully saturated rings. The number of hydrogen-bond acceptors (Lipinski definition) is 9. The zero-order chi connectivity index (χ0) is 59.1. The summed E-state index contributed by atoms with van der Waals surface area (Å²) in [5.41, 5.74) is 17.4. The minimum atomic E-state index is -0.275. The molecule has 0 saturated heterocycles. The average molecular weight is 1140 g/mol. The maximum absolute atomic E-state index is 12.9. The first-order valence-electron chi connectivity index (χ1n) is 31.2. The van der Waals surface area contributed by atoms with Crippen LogP contribution in [0.3, 0.4) is 0 Å². The van der Waals surface area contributed by atoms with Crippen molar-refractivity contribution in [2.24, 2.45) is 11.8 Å². The summed E-state index contributed by atoms with van der Waals surface area (Å²) >= 11 is 0. The van der Waals surface area contributed by atoms with Crippen molar-refractivity contribution in [1.29, 1.82) is 0 Å². The van der Waals surface area contributed by atoms with E-state index in [-0.39, 0.29) is 52.1 Å². The number of carbonyl (C=O) groups excluding carboxylic acids is 5. The molecule has 0 bridgehead atoms. The lowest BCUT2D eigenvalue weighted by Gasteiger charge is -2.33. The highest BCUT2D eigenvalue weighted by atomic mass is 16.5. The molecular formula is C72H89N3O9. The molecule has 1 atom stereocenters. The van der Waals surface area contributed by atoms with Crippen molar-refractivity contribution in [3.63, 3.8) is 0 Å². The number of imide groups is 1. The van der Waals surface area contributed by atoms with E-state index in [4.69, 9.17) is 18.9 Å². The summed E-state index contributed by atoms with van der Waals surface area (Å²) in [6.07, 6.45) is 15.9. The second-order valence-electron chi connectivity index (χ2n) is 24.1. The van der Waals surface area contributed by atoms with Gasteiger partial charge in [-0.2, -0.15) is 0 Å². The number of unbranched alkanes of at least 4 members (excludes halogenated alkanes) is 1. The van der Waals surface area contributed by atoms with E-state index >= 15 is 0 Å². The number of aryl methyl sites for hydroxylation is 2. The van der Waals surface area contributed by atoms with E-state index in [1.54, 1.807) is 14.2 Å². The van der Waals surface area contributed by atoms with E-state index < -0.39 is 0 Å². The van der Waals surface area contributed by atoms with Gasteiger partial charge in [-0.05, 0) is 187 Å². The number of rotatable bonds is 33. The Hall–Kier alpha value is -6.57. The Morgan fingerprint density at radius 1 is 0.560 bits per heavy atom. The molecule has 5 aromatic rings. The number of nitrogens with zero attached hydrogens (tertiary/aromatic N) is 1. The number of fused-ring (bicyclic) bond motifs is 6. The zero-order valence-corrected chi connectivity index (χ0v) is 50.6. The number of methoxy groups -OCH3 is 2. The van der Waals surface area contributed by atoms with Gasteiger partial charge in [-0.3, -0.25) is 28.9 Å². The fraction of sp³-hybridized carbons (Fsp3) is 0.486. The molecule has 2 N–H and O–H groups in total. The van der Waals surface area contributed by atoms with Crippen LogP contribution in [0.2, 0.25) is 0 Å². The Morgan fingerprint density at radius 2 is 1.08 bits per heavy atom. The third-order valence-corrected chi connectivity index (χ3v) is 18.5. The Kier molecular flexibility index (Phi) is 21.8. The molecule has 12 nitrogen and oxygen atoms in total. The first-order valence-corrected chi connectivity index (χ1v) is 31.2. The van der Waals surface area contributed by atoms with E-state index in [0.29, 0.717) is 85.0 Å². The molecule has 1 unspecified atom stereocenters. The van der Waals surface area contributed by atoms with Crippen molar-refractivity contribution < 1.29 is 42.9 Å². The molecule has 12 heteroatoms. The van der Waals surface area contributed by atoms with Crippen molar-refractivity contribution >= 4 is 29.4 Å². The molecule has 9 rings (SSSR count). The zero-order valence-electron chi connectivity index (χ0n) is 50.6. The van der Waals surface area contributed by atoms with Crippen molar-refractivity contribution in [3.8, 4) is 44.5 Å². The van der Waals surface area contributed by atoms with Crippen LogP contribution in [0.15, 0.2) is 109 Å². The molecule has 4 aliphatic rings. The number of carbonyl (C=O) groups is 5. The first kappa shape index (κ1) is 62.0. The van der Waals surface area contributed by atoms with Gasteiger partial charge in [0.15, 0.2) is 0 Å². The monoisotopic (exact) mass is 1140 g/mol. The molecule has 4 amide bonds. The smallest absolute Gasteiger partial charge is 0.253 e. The van der Waals surface area contributed by atoms with Crippen LogP contribution in [0.25, 0.3) is 44.5 Å². The standard InChI is InChI=1S/C72H89N3O9/c1-6-67(77)73-37-8-7-34-71(3)63-46-55(53-21-17-51(18-22-53)13-9-14-58(76)15-10-38-74-70(80)54-23-19-52(20-24-54)49-75-68(78)32-33-69(75)79)25-29-59(63)60-30-26-56(47-64(60)71)57-27-31-62-61-28-16-50(2)45-65(61)72(66(62)48-57,35-11-39-83-43-41-81-4)36-12-40-84-44-42-82-5/h16-18,21-22,25-33,45-48,52,54H,6-15,19-20,23-24,34-44,49H2,1-5H3,(H,73,77)(H,74,80). The van der Waals surface area contributed by atoms with Gasteiger partial charge in [0, 0.05) is 95.2 Å². The lowest BCUT2D eigenvalue weighted by atomic mass is 9.70. The number of ketones is 1. The summed E-state index contributed by atoms with van der Waals surface area (Å²) in [6, 6.07) is 37.1. The first-order chi connectivity index (χ1) is 40.8. The van der Waals surface area contributed by atoms with Crippen LogP contribution in [0.5, 0.6) is 0 Å². The van der Waals surface area contributed by atoms with Gasteiger partial charge in [0.2, 0.25) is 11.8 Å². The minimum Gasteiger partial charge on any atom is -0.382 e. The van der Waals surface area contributed by atoms with Gasteiger partial charge in [-0.15, -0.1) is 0 Å². The third kappa shape index (κ3) is 14.7. The molecule has 0 aromatic heterocycles.